The number of halogens is 2. The molecule has 0 radical (unpaired) electrons. The molecule has 1 unspecified atom stereocenters. The van der Waals surface area contributed by atoms with Crippen molar-refractivity contribution in [2.24, 2.45) is 11.8 Å². The number of rotatable bonds is 5. The van der Waals surface area contributed by atoms with Gasteiger partial charge in [-0.2, -0.15) is 5.26 Å². The van der Waals surface area contributed by atoms with Gasteiger partial charge in [-0.25, -0.2) is 4.39 Å². The molecule has 0 fully saturated rings. The molecule has 0 saturated heterocycles. The first-order valence-electron chi connectivity index (χ1n) is 5.59. The predicted molar refractivity (Wildman–Crippen MR) is 67.1 cm³/mol. The largest absolute Gasteiger partial charge is 0.311 e. The first kappa shape index (κ1) is 14.0. The summed E-state index contributed by atoms with van der Waals surface area (Å²) in [6.07, 6.45) is 0. The van der Waals surface area contributed by atoms with Gasteiger partial charge >= 0.3 is 0 Å². The van der Waals surface area contributed by atoms with Gasteiger partial charge in [-0.1, -0.05) is 31.5 Å². The van der Waals surface area contributed by atoms with Gasteiger partial charge < -0.3 is 5.32 Å². The molecule has 17 heavy (non-hydrogen) atoms. The lowest BCUT2D eigenvalue weighted by molar-refractivity contribution is 0.442. The van der Waals surface area contributed by atoms with Crippen LogP contribution in [-0.2, 0) is 6.54 Å². The summed E-state index contributed by atoms with van der Waals surface area (Å²) in [5.74, 6) is -0.0947. The maximum atomic E-state index is 12.9. The molecule has 0 aliphatic heterocycles. The Morgan fingerprint density at radius 3 is 2.71 bits per heavy atom. The van der Waals surface area contributed by atoms with Crippen molar-refractivity contribution in [3.8, 4) is 6.07 Å². The molecule has 0 amide bonds. The fourth-order valence-corrected chi connectivity index (χ4v) is 1.66. The van der Waals surface area contributed by atoms with Crippen LogP contribution in [0.5, 0.6) is 0 Å². The normalized spacial score (nSPS) is 12.5. The van der Waals surface area contributed by atoms with Crippen molar-refractivity contribution in [3.63, 3.8) is 0 Å². The average molecular weight is 255 g/mol. The minimum absolute atomic E-state index is 0.00841. The maximum absolute atomic E-state index is 12.9. The second-order valence-corrected chi connectivity index (χ2v) is 4.77. The Hall–Kier alpha value is -1.11. The summed E-state index contributed by atoms with van der Waals surface area (Å²) in [6.45, 7) is 5.25. The number of nitrogens with zero attached hydrogens (tertiary/aromatic N) is 1. The van der Waals surface area contributed by atoms with Crippen molar-refractivity contribution in [1.29, 1.82) is 5.26 Å². The van der Waals surface area contributed by atoms with E-state index in [2.05, 4.69) is 11.4 Å². The molecule has 0 saturated carbocycles. The standard InChI is InChI=1S/C13H16ClFN2/c1-9(2)11(6-16)8-17-7-10-3-4-13(15)12(14)5-10/h3-5,9,11,17H,7-8H2,1-2H3. The fourth-order valence-electron chi connectivity index (χ4n) is 1.45. The summed E-state index contributed by atoms with van der Waals surface area (Å²) in [6, 6.07) is 6.89. The van der Waals surface area contributed by atoms with Crippen LogP contribution in [-0.4, -0.2) is 6.54 Å². The Balaban J connectivity index is 2.46. The molecule has 0 spiro atoms. The zero-order valence-electron chi connectivity index (χ0n) is 10.0. The van der Waals surface area contributed by atoms with E-state index in [0.29, 0.717) is 19.0 Å². The molecule has 0 bridgehead atoms. The van der Waals surface area contributed by atoms with Crippen LogP contribution >= 0.6 is 11.6 Å². The van der Waals surface area contributed by atoms with Crippen LogP contribution in [0.25, 0.3) is 0 Å². The summed E-state index contributed by atoms with van der Waals surface area (Å²) in [5.41, 5.74) is 0.914. The van der Waals surface area contributed by atoms with E-state index in [0.717, 1.165) is 5.56 Å². The van der Waals surface area contributed by atoms with Crippen LogP contribution in [0.1, 0.15) is 19.4 Å². The molecule has 4 heteroatoms. The van der Waals surface area contributed by atoms with Gasteiger partial charge in [0.15, 0.2) is 0 Å². The minimum Gasteiger partial charge on any atom is -0.311 e. The highest BCUT2D eigenvalue weighted by molar-refractivity contribution is 6.30. The molecular weight excluding hydrogens is 239 g/mol. The molecule has 0 aromatic heterocycles. The predicted octanol–water partition coefficient (Wildman–Crippen LogP) is 3.36. The lowest BCUT2D eigenvalue weighted by atomic mass is 9.97. The van der Waals surface area contributed by atoms with E-state index in [-0.39, 0.29) is 10.9 Å². The van der Waals surface area contributed by atoms with Crippen molar-refractivity contribution >= 4 is 11.6 Å². The summed E-state index contributed by atoms with van der Waals surface area (Å²) in [5, 5.41) is 12.2. The van der Waals surface area contributed by atoms with Gasteiger partial charge in [-0.3, -0.25) is 0 Å². The van der Waals surface area contributed by atoms with Gasteiger partial charge in [-0.15, -0.1) is 0 Å². The van der Waals surface area contributed by atoms with E-state index >= 15 is 0 Å². The molecule has 92 valence electrons. The van der Waals surface area contributed by atoms with E-state index in [1.807, 2.05) is 13.8 Å². The summed E-state index contributed by atoms with van der Waals surface area (Å²) < 4.78 is 12.9. The lowest BCUT2D eigenvalue weighted by Crippen LogP contribution is -2.24. The van der Waals surface area contributed by atoms with Crippen LogP contribution in [0.3, 0.4) is 0 Å². The highest BCUT2D eigenvalue weighted by Crippen LogP contribution is 2.16. The average Bonchev–Trinajstić information content (AvgIpc) is 2.28. The van der Waals surface area contributed by atoms with Crippen molar-refractivity contribution in [1.82, 2.24) is 5.32 Å². The Morgan fingerprint density at radius 2 is 2.18 bits per heavy atom. The molecular formula is C13H16ClFN2. The Labute approximate surface area is 106 Å². The minimum atomic E-state index is -0.410. The van der Waals surface area contributed by atoms with Crippen LogP contribution in [0, 0.1) is 29.0 Å². The number of nitrogens with one attached hydrogen (secondary N) is 1. The molecule has 1 rings (SSSR count). The third-order valence-electron chi connectivity index (χ3n) is 2.65. The zero-order valence-corrected chi connectivity index (χ0v) is 10.8. The molecule has 2 nitrogen and oxygen atoms in total. The quantitative estimate of drug-likeness (QED) is 0.875. The lowest BCUT2D eigenvalue weighted by Gasteiger charge is -2.13. The SMILES string of the molecule is CC(C)C(C#N)CNCc1ccc(F)c(Cl)c1. The van der Waals surface area contributed by atoms with E-state index in [1.54, 1.807) is 12.1 Å². The van der Waals surface area contributed by atoms with Crippen molar-refractivity contribution < 1.29 is 4.39 Å². The Morgan fingerprint density at radius 1 is 1.47 bits per heavy atom. The summed E-state index contributed by atoms with van der Waals surface area (Å²) in [4.78, 5) is 0. The van der Waals surface area contributed by atoms with Crippen LogP contribution in [0.4, 0.5) is 4.39 Å². The van der Waals surface area contributed by atoms with Crippen LogP contribution in [0.2, 0.25) is 5.02 Å². The zero-order chi connectivity index (χ0) is 12.8. The van der Waals surface area contributed by atoms with Crippen molar-refractivity contribution in [2.45, 2.75) is 20.4 Å². The van der Waals surface area contributed by atoms with Crippen molar-refractivity contribution in [2.75, 3.05) is 6.54 Å². The highest BCUT2D eigenvalue weighted by atomic mass is 35.5. The smallest absolute Gasteiger partial charge is 0.141 e. The third kappa shape index (κ3) is 4.33. The number of benzene rings is 1. The second-order valence-electron chi connectivity index (χ2n) is 4.36. The molecule has 0 heterocycles. The van der Waals surface area contributed by atoms with E-state index in [1.165, 1.54) is 6.07 Å². The molecule has 1 aromatic carbocycles. The summed E-state index contributed by atoms with van der Waals surface area (Å²) >= 11 is 5.68. The molecule has 1 aromatic rings. The van der Waals surface area contributed by atoms with Gasteiger partial charge in [0.05, 0.1) is 17.0 Å². The van der Waals surface area contributed by atoms with E-state index in [9.17, 15) is 4.39 Å². The monoisotopic (exact) mass is 254 g/mol. The topological polar surface area (TPSA) is 35.8 Å². The van der Waals surface area contributed by atoms with E-state index < -0.39 is 5.82 Å². The number of hydrogen-bond donors (Lipinski definition) is 1. The van der Waals surface area contributed by atoms with Gasteiger partial charge in [0.25, 0.3) is 0 Å². The second kappa shape index (κ2) is 6.58. The molecule has 0 aliphatic rings. The molecule has 1 N–H and O–H groups in total. The fraction of sp³-hybridized carbons (Fsp3) is 0.462. The first-order valence-corrected chi connectivity index (χ1v) is 5.96. The van der Waals surface area contributed by atoms with Crippen molar-refractivity contribution in [3.05, 3.63) is 34.6 Å². The van der Waals surface area contributed by atoms with Gasteiger partial charge in [0.1, 0.15) is 5.82 Å². The van der Waals surface area contributed by atoms with Gasteiger partial charge in [0, 0.05) is 13.1 Å². The van der Waals surface area contributed by atoms with E-state index in [4.69, 9.17) is 16.9 Å². The molecule has 0 aliphatic carbocycles. The third-order valence-corrected chi connectivity index (χ3v) is 2.94. The number of hydrogen-bond acceptors (Lipinski definition) is 2. The summed E-state index contributed by atoms with van der Waals surface area (Å²) in [7, 11) is 0. The Kier molecular flexibility index (Phi) is 5.40. The molecule has 1 atom stereocenters. The Bertz CT molecular complexity index is 412. The van der Waals surface area contributed by atoms with Crippen LogP contribution < -0.4 is 5.32 Å². The maximum Gasteiger partial charge on any atom is 0.141 e. The first-order chi connectivity index (χ1) is 8.04. The van der Waals surface area contributed by atoms with Gasteiger partial charge in [0.2, 0.25) is 0 Å². The number of nitriles is 1. The van der Waals surface area contributed by atoms with Gasteiger partial charge in [-0.05, 0) is 23.6 Å². The highest BCUT2D eigenvalue weighted by Gasteiger charge is 2.11. The van der Waals surface area contributed by atoms with Crippen LogP contribution in [0.15, 0.2) is 18.2 Å².